The van der Waals surface area contributed by atoms with Crippen LogP contribution in [-0.4, -0.2) is 55.1 Å². The van der Waals surface area contributed by atoms with Crippen LogP contribution in [0.25, 0.3) is 0 Å². The molecule has 0 aliphatic heterocycles. The third-order valence-corrected chi connectivity index (χ3v) is 2.74. The SMILES string of the molecule is CCOCCOC(=O)C(CC(=O)O)S(=O)(=O)O.[H-].[H-].[Na+].[Na+]. The van der Waals surface area contributed by atoms with Gasteiger partial charge in [0, 0.05) is 6.61 Å². The predicted octanol–water partition coefficient (Wildman–Crippen LogP) is -6.47. The number of carboxylic acid groups (broad SMARTS) is 1. The van der Waals surface area contributed by atoms with Crippen molar-refractivity contribution in [2.75, 3.05) is 19.8 Å². The smallest absolute Gasteiger partial charge is 1.00 e. The molecule has 0 heterocycles. The second-order valence-electron chi connectivity index (χ2n) is 2.97. The number of hydrogen-bond acceptors (Lipinski definition) is 6. The number of ether oxygens (including phenoxy) is 2. The molecule has 0 amide bonds. The van der Waals surface area contributed by atoms with E-state index in [2.05, 4.69) is 4.74 Å². The Balaban J connectivity index is -0.000000213. The van der Waals surface area contributed by atoms with Gasteiger partial charge >= 0.3 is 71.1 Å². The van der Waals surface area contributed by atoms with Crippen LogP contribution in [0.3, 0.4) is 0 Å². The molecule has 0 aliphatic rings. The van der Waals surface area contributed by atoms with Crippen molar-refractivity contribution in [2.24, 2.45) is 0 Å². The summed E-state index contributed by atoms with van der Waals surface area (Å²) in [5.74, 6) is -2.84. The van der Waals surface area contributed by atoms with Crippen LogP contribution in [0.4, 0.5) is 0 Å². The maximum Gasteiger partial charge on any atom is 1.00 e. The number of carbonyl (C=O) groups is 2. The van der Waals surface area contributed by atoms with Crippen molar-refractivity contribution in [1.29, 1.82) is 0 Å². The third-order valence-electron chi connectivity index (χ3n) is 1.66. The predicted molar refractivity (Wildman–Crippen MR) is 57.3 cm³/mol. The number of carbonyl (C=O) groups excluding carboxylic acids is 1. The topological polar surface area (TPSA) is 127 Å². The van der Waals surface area contributed by atoms with Gasteiger partial charge in [0.2, 0.25) is 0 Å². The molecule has 2 N–H and O–H groups in total. The zero-order valence-corrected chi connectivity index (χ0v) is 16.0. The van der Waals surface area contributed by atoms with Crippen LogP contribution >= 0.6 is 0 Å². The van der Waals surface area contributed by atoms with Gasteiger partial charge in [-0.2, -0.15) is 8.42 Å². The molecule has 19 heavy (non-hydrogen) atoms. The van der Waals surface area contributed by atoms with E-state index in [1.54, 1.807) is 6.92 Å². The molecule has 0 aromatic rings. The van der Waals surface area contributed by atoms with Crippen LogP contribution in [0.5, 0.6) is 0 Å². The molecular formula is C8H16Na2O8S. The van der Waals surface area contributed by atoms with Gasteiger partial charge < -0.3 is 17.4 Å². The van der Waals surface area contributed by atoms with Gasteiger partial charge in [0.05, 0.1) is 13.0 Å². The van der Waals surface area contributed by atoms with Crippen molar-refractivity contribution in [3.63, 3.8) is 0 Å². The van der Waals surface area contributed by atoms with E-state index in [0.29, 0.717) is 6.61 Å². The summed E-state index contributed by atoms with van der Waals surface area (Å²) < 4.78 is 39.5. The summed E-state index contributed by atoms with van der Waals surface area (Å²) in [6, 6.07) is 0. The van der Waals surface area contributed by atoms with Crippen molar-refractivity contribution in [1.82, 2.24) is 0 Å². The number of esters is 1. The molecular weight excluding hydrogens is 302 g/mol. The molecule has 0 radical (unpaired) electrons. The van der Waals surface area contributed by atoms with Crippen molar-refractivity contribution in [3.8, 4) is 0 Å². The maximum atomic E-state index is 11.2. The van der Waals surface area contributed by atoms with E-state index in [1.165, 1.54) is 0 Å². The Morgan fingerprint density at radius 2 is 1.79 bits per heavy atom. The molecule has 0 bridgehead atoms. The summed E-state index contributed by atoms with van der Waals surface area (Å²) in [4.78, 5) is 21.5. The average molecular weight is 318 g/mol. The van der Waals surface area contributed by atoms with E-state index in [4.69, 9.17) is 14.4 Å². The third kappa shape index (κ3) is 12.3. The molecule has 0 aromatic heterocycles. The minimum Gasteiger partial charge on any atom is -1.00 e. The molecule has 1 atom stereocenters. The normalized spacial score (nSPS) is 11.7. The molecule has 1 unspecified atom stereocenters. The van der Waals surface area contributed by atoms with E-state index >= 15 is 0 Å². The molecule has 11 heteroatoms. The number of hydrogen-bond donors (Lipinski definition) is 2. The Hall–Kier alpha value is 0.810. The number of rotatable bonds is 8. The average Bonchev–Trinajstić information content (AvgIpc) is 2.19. The van der Waals surface area contributed by atoms with Crippen LogP contribution in [0, 0.1) is 0 Å². The minimum absolute atomic E-state index is 0. The summed E-state index contributed by atoms with van der Waals surface area (Å²) in [7, 11) is -4.80. The largest absolute Gasteiger partial charge is 1.00 e. The van der Waals surface area contributed by atoms with Crippen LogP contribution in [0.2, 0.25) is 0 Å². The molecule has 0 fully saturated rings. The van der Waals surface area contributed by atoms with Crippen molar-refractivity contribution in [2.45, 2.75) is 18.6 Å². The number of carboxylic acids is 1. The van der Waals surface area contributed by atoms with Crippen LogP contribution < -0.4 is 59.1 Å². The Morgan fingerprint density at radius 3 is 2.16 bits per heavy atom. The number of aliphatic carboxylic acids is 1. The summed E-state index contributed by atoms with van der Waals surface area (Å²) in [5.41, 5.74) is 0. The summed E-state index contributed by atoms with van der Waals surface area (Å²) in [6.07, 6.45) is -1.05. The van der Waals surface area contributed by atoms with E-state index < -0.39 is 33.7 Å². The van der Waals surface area contributed by atoms with E-state index in [1.807, 2.05) is 0 Å². The first-order valence-corrected chi connectivity index (χ1v) is 6.21. The molecule has 0 saturated heterocycles. The zero-order valence-electron chi connectivity index (χ0n) is 13.2. The van der Waals surface area contributed by atoms with Crippen LogP contribution in [-0.2, 0) is 29.2 Å². The molecule has 0 aliphatic carbocycles. The standard InChI is InChI=1S/C8H14O8S.2Na.2H/c1-2-15-3-4-16-8(11)6(5-7(9)10)17(12,13)14;;;;/h6H,2-5H2,1H3,(H,9,10)(H,12,13,14);;;;/q;2*+1;2*-1. The Kier molecular flexibility index (Phi) is 16.4. The van der Waals surface area contributed by atoms with Gasteiger partial charge in [-0.05, 0) is 6.92 Å². The summed E-state index contributed by atoms with van der Waals surface area (Å²) in [6.45, 7) is 1.97. The van der Waals surface area contributed by atoms with E-state index in [-0.39, 0.29) is 75.2 Å². The first kappa shape index (κ1) is 24.8. The Bertz CT molecular complexity index is 378. The van der Waals surface area contributed by atoms with Crippen molar-refractivity contribution < 1.29 is 99.1 Å². The van der Waals surface area contributed by atoms with E-state index in [9.17, 15) is 18.0 Å². The van der Waals surface area contributed by atoms with Crippen molar-refractivity contribution >= 4 is 22.1 Å². The molecule has 0 spiro atoms. The molecule has 0 rings (SSSR count). The van der Waals surface area contributed by atoms with E-state index in [0.717, 1.165) is 0 Å². The maximum absolute atomic E-state index is 11.2. The molecule has 8 nitrogen and oxygen atoms in total. The second-order valence-corrected chi connectivity index (χ2v) is 4.56. The van der Waals surface area contributed by atoms with Crippen LogP contribution in [0.15, 0.2) is 0 Å². The van der Waals surface area contributed by atoms with Gasteiger partial charge in [-0.25, -0.2) is 0 Å². The fourth-order valence-corrected chi connectivity index (χ4v) is 1.57. The fourth-order valence-electron chi connectivity index (χ4n) is 0.907. The minimum atomic E-state index is -4.80. The van der Waals surface area contributed by atoms with Gasteiger partial charge in [0.1, 0.15) is 6.61 Å². The first-order chi connectivity index (χ1) is 7.79. The Morgan fingerprint density at radius 1 is 1.26 bits per heavy atom. The monoisotopic (exact) mass is 318 g/mol. The summed E-state index contributed by atoms with van der Waals surface area (Å²) >= 11 is 0. The first-order valence-electron chi connectivity index (χ1n) is 4.71. The second kappa shape index (κ2) is 12.5. The Labute approximate surface area is 158 Å². The molecule has 0 saturated carbocycles. The van der Waals surface area contributed by atoms with Gasteiger partial charge in [-0.1, -0.05) is 0 Å². The molecule has 0 aromatic carbocycles. The quantitative estimate of drug-likeness (QED) is 0.196. The van der Waals surface area contributed by atoms with Gasteiger partial charge in [0.25, 0.3) is 10.1 Å². The zero-order chi connectivity index (χ0) is 13.5. The van der Waals surface area contributed by atoms with Gasteiger partial charge in [0.15, 0.2) is 5.25 Å². The summed E-state index contributed by atoms with van der Waals surface area (Å²) in [5, 5.41) is 6.29. The van der Waals surface area contributed by atoms with Gasteiger partial charge in [-0.3, -0.25) is 14.1 Å². The molecule has 104 valence electrons. The van der Waals surface area contributed by atoms with Gasteiger partial charge in [-0.15, -0.1) is 0 Å². The van der Waals surface area contributed by atoms with Crippen LogP contribution in [0.1, 0.15) is 16.2 Å². The van der Waals surface area contributed by atoms with Crippen molar-refractivity contribution in [3.05, 3.63) is 0 Å². The fraction of sp³-hybridized carbons (Fsp3) is 0.750.